The van der Waals surface area contributed by atoms with Gasteiger partial charge in [0, 0.05) is 45.0 Å². The number of thiocarbonyl (C=S) groups is 1. The molecule has 190 valence electrons. The van der Waals surface area contributed by atoms with E-state index >= 15 is 0 Å². The Labute approximate surface area is 218 Å². The largest absolute Gasteiger partial charge is 0.382 e. The summed E-state index contributed by atoms with van der Waals surface area (Å²) in [5.74, 6) is 1.65. The molecule has 0 saturated carbocycles. The highest BCUT2D eigenvalue weighted by Crippen LogP contribution is 2.37. The minimum atomic E-state index is -0.256. The van der Waals surface area contributed by atoms with Crippen LogP contribution in [-0.2, 0) is 16.1 Å². The molecule has 2 fully saturated rings. The van der Waals surface area contributed by atoms with Crippen LogP contribution in [0, 0.1) is 30.1 Å². The first kappa shape index (κ1) is 27.4. The summed E-state index contributed by atoms with van der Waals surface area (Å²) < 4.78 is 7.67. The molecule has 0 radical (unpaired) electrons. The molecule has 0 aliphatic carbocycles. The molecular formula is C26H36N4O3S2. The van der Waals surface area contributed by atoms with E-state index in [1.807, 2.05) is 26.8 Å². The summed E-state index contributed by atoms with van der Waals surface area (Å²) in [7, 11) is 0. The fraction of sp³-hybridized carbons (Fsp3) is 0.615. The summed E-state index contributed by atoms with van der Waals surface area (Å²) in [4.78, 5) is 31.1. The number of amides is 1. The number of ether oxygens (including phenoxy) is 1. The van der Waals surface area contributed by atoms with Gasteiger partial charge in [0.25, 0.3) is 11.5 Å². The van der Waals surface area contributed by atoms with Crippen LogP contribution in [0.5, 0.6) is 0 Å². The molecule has 3 heterocycles. The minimum absolute atomic E-state index is 0.131. The quantitative estimate of drug-likeness (QED) is 0.271. The van der Waals surface area contributed by atoms with Crippen molar-refractivity contribution in [3.63, 3.8) is 0 Å². The van der Waals surface area contributed by atoms with Gasteiger partial charge in [-0.2, -0.15) is 5.26 Å². The normalized spacial score (nSPS) is 21.8. The van der Waals surface area contributed by atoms with Crippen LogP contribution in [0.3, 0.4) is 0 Å². The number of nitriles is 1. The van der Waals surface area contributed by atoms with E-state index in [1.54, 1.807) is 9.47 Å². The first-order valence-electron chi connectivity index (χ1n) is 12.5. The highest BCUT2D eigenvalue weighted by atomic mass is 32.2. The Morgan fingerprint density at radius 1 is 1.20 bits per heavy atom. The topological polar surface area (TPSA) is 78.6 Å². The third-order valence-electron chi connectivity index (χ3n) is 6.49. The van der Waals surface area contributed by atoms with Crippen molar-refractivity contribution < 1.29 is 9.53 Å². The summed E-state index contributed by atoms with van der Waals surface area (Å²) in [5, 5.41) is 9.83. The van der Waals surface area contributed by atoms with E-state index in [0.29, 0.717) is 59.3 Å². The van der Waals surface area contributed by atoms with Gasteiger partial charge in [-0.25, -0.2) is 0 Å². The van der Waals surface area contributed by atoms with Crippen LogP contribution in [0.2, 0.25) is 0 Å². The Morgan fingerprint density at radius 2 is 1.89 bits per heavy atom. The van der Waals surface area contributed by atoms with Gasteiger partial charge in [0.1, 0.15) is 21.8 Å². The van der Waals surface area contributed by atoms with Crippen molar-refractivity contribution in [1.29, 1.82) is 5.26 Å². The summed E-state index contributed by atoms with van der Waals surface area (Å²) in [6.45, 7) is 14.1. The van der Waals surface area contributed by atoms with Crippen LogP contribution in [0.4, 0.5) is 5.82 Å². The van der Waals surface area contributed by atoms with Gasteiger partial charge in [-0.3, -0.25) is 19.1 Å². The highest BCUT2D eigenvalue weighted by Gasteiger charge is 2.34. The number of rotatable bonds is 9. The van der Waals surface area contributed by atoms with Crippen molar-refractivity contribution in [3.8, 4) is 6.07 Å². The second-order valence-corrected chi connectivity index (χ2v) is 11.2. The molecule has 2 atom stereocenters. The maximum atomic E-state index is 13.3. The van der Waals surface area contributed by atoms with Gasteiger partial charge in [0.15, 0.2) is 0 Å². The smallest absolute Gasteiger partial charge is 0.270 e. The number of aromatic nitrogens is 1. The first-order valence-corrected chi connectivity index (χ1v) is 13.7. The Bertz CT molecular complexity index is 1100. The number of hydrogen-bond acceptors (Lipinski definition) is 7. The molecule has 0 bridgehead atoms. The zero-order valence-corrected chi connectivity index (χ0v) is 23.1. The van der Waals surface area contributed by atoms with Crippen molar-refractivity contribution in [3.05, 3.63) is 31.9 Å². The lowest BCUT2D eigenvalue weighted by Gasteiger charge is -2.39. The second kappa shape index (κ2) is 12.2. The zero-order chi connectivity index (χ0) is 25.7. The number of piperidine rings is 1. The van der Waals surface area contributed by atoms with Crippen LogP contribution >= 0.6 is 24.0 Å². The lowest BCUT2D eigenvalue weighted by atomic mass is 9.91. The molecular weight excluding hydrogens is 480 g/mol. The lowest BCUT2D eigenvalue weighted by Crippen LogP contribution is -2.43. The third kappa shape index (κ3) is 5.99. The standard InChI is InChI=1S/C26H36N4O3S2/c1-6-9-29-23(28-15-17(3)12-18(4)16-28)20(19(5)21(14-27)24(29)31)13-22-25(32)30(26(34)35-22)10-8-11-33-7-2/h13,17-18H,6-12,15-16H2,1-5H3. The molecule has 2 saturated heterocycles. The van der Waals surface area contributed by atoms with Gasteiger partial charge in [0.2, 0.25) is 0 Å². The fourth-order valence-corrected chi connectivity index (χ4v) is 6.34. The molecule has 35 heavy (non-hydrogen) atoms. The average Bonchev–Trinajstić information content (AvgIpc) is 3.06. The average molecular weight is 517 g/mol. The summed E-state index contributed by atoms with van der Waals surface area (Å²) in [6, 6.07) is 2.12. The van der Waals surface area contributed by atoms with Gasteiger partial charge < -0.3 is 9.64 Å². The van der Waals surface area contributed by atoms with Crippen LogP contribution in [-0.4, -0.2) is 52.5 Å². The van der Waals surface area contributed by atoms with E-state index in [4.69, 9.17) is 17.0 Å². The lowest BCUT2D eigenvalue weighted by molar-refractivity contribution is -0.122. The summed E-state index contributed by atoms with van der Waals surface area (Å²) in [5.41, 5.74) is 1.27. The van der Waals surface area contributed by atoms with Crippen LogP contribution in [0.25, 0.3) is 6.08 Å². The molecule has 1 amide bonds. The molecule has 0 N–H and O–H groups in total. The Balaban J connectivity index is 2.12. The maximum Gasteiger partial charge on any atom is 0.270 e. The highest BCUT2D eigenvalue weighted by molar-refractivity contribution is 8.26. The molecule has 3 rings (SSSR count). The molecule has 0 aromatic carbocycles. The van der Waals surface area contributed by atoms with Gasteiger partial charge in [-0.05, 0) is 56.6 Å². The predicted octanol–water partition coefficient (Wildman–Crippen LogP) is 4.55. The maximum absolute atomic E-state index is 13.3. The van der Waals surface area contributed by atoms with Gasteiger partial charge in [-0.1, -0.05) is 44.8 Å². The number of carbonyl (C=O) groups is 1. The molecule has 1 aromatic rings. The third-order valence-corrected chi connectivity index (χ3v) is 7.86. The zero-order valence-electron chi connectivity index (χ0n) is 21.4. The van der Waals surface area contributed by atoms with Crippen molar-refractivity contribution in [2.24, 2.45) is 11.8 Å². The molecule has 9 heteroatoms. The SMILES string of the molecule is CCCn1c(N2CC(C)CC(C)C2)c(C=C2SC(=S)N(CCCOCC)C2=O)c(C)c(C#N)c1=O. The van der Waals surface area contributed by atoms with Gasteiger partial charge in [0.05, 0.1) is 4.91 Å². The van der Waals surface area contributed by atoms with Crippen molar-refractivity contribution in [1.82, 2.24) is 9.47 Å². The summed E-state index contributed by atoms with van der Waals surface area (Å²) >= 11 is 6.80. The van der Waals surface area contributed by atoms with E-state index in [-0.39, 0.29) is 17.0 Å². The second-order valence-electron chi connectivity index (χ2n) is 9.54. The summed E-state index contributed by atoms with van der Waals surface area (Å²) in [6.07, 6.45) is 4.46. The van der Waals surface area contributed by atoms with E-state index in [2.05, 4.69) is 24.8 Å². The van der Waals surface area contributed by atoms with Crippen LogP contribution in [0.15, 0.2) is 9.70 Å². The number of hydrogen-bond donors (Lipinski definition) is 0. The number of nitrogens with zero attached hydrogens (tertiary/aromatic N) is 4. The Hall–Kier alpha value is -2.15. The molecule has 2 unspecified atom stereocenters. The monoisotopic (exact) mass is 516 g/mol. The number of anilines is 1. The van der Waals surface area contributed by atoms with Gasteiger partial charge >= 0.3 is 0 Å². The first-order chi connectivity index (χ1) is 16.7. The number of pyridine rings is 1. The molecule has 2 aliphatic rings. The molecule has 2 aliphatic heterocycles. The Kier molecular flexibility index (Phi) is 9.56. The van der Waals surface area contributed by atoms with Crippen molar-refractivity contribution in [2.45, 2.75) is 60.4 Å². The van der Waals surface area contributed by atoms with E-state index in [0.717, 1.165) is 37.3 Å². The van der Waals surface area contributed by atoms with E-state index in [1.165, 1.54) is 11.8 Å². The van der Waals surface area contributed by atoms with Crippen molar-refractivity contribution >= 4 is 46.1 Å². The fourth-order valence-electron chi connectivity index (χ4n) is 5.04. The predicted molar refractivity (Wildman–Crippen MR) is 147 cm³/mol. The number of thioether (sulfide) groups is 1. The van der Waals surface area contributed by atoms with Crippen LogP contribution in [0.1, 0.15) is 63.6 Å². The molecule has 1 aromatic heterocycles. The van der Waals surface area contributed by atoms with E-state index in [9.17, 15) is 14.9 Å². The molecule has 7 nitrogen and oxygen atoms in total. The minimum Gasteiger partial charge on any atom is -0.382 e. The molecule has 0 spiro atoms. The Morgan fingerprint density at radius 3 is 2.49 bits per heavy atom. The van der Waals surface area contributed by atoms with Crippen molar-refractivity contribution in [2.75, 3.05) is 37.7 Å². The number of carbonyl (C=O) groups excluding carboxylic acids is 1. The van der Waals surface area contributed by atoms with E-state index < -0.39 is 0 Å². The van der Waals surface area contributed by atoms with Crippen LogP contribution < -0.4 is 10.5 Å². The van der Waals surface area contributed by atoms with Gasteiger partial charge in [-0.15, -0.1) is 0 Å².